The van der Waals surface area contributed by atoms with Gasteiger partial charge in [0.25, 0.3) is 0 Å². The molecule has 3 rings (SSSR count). The van der Waals surface area contributed by atoms with E-state index in [0.717, 1.165) is 5.56 Å². The maximum atomic E-state index is 10.9. The van der Waals surface area contributed by atoms with Gasteiger partial charge in [-0.25, -0.2) is 4.79 Å². The number of rotatable bonds is 0. The molecular weight excluding hydrogens is 226 g/mol. The molecule has 0 saturated heterocycles. The lowest BCUT2D eigenvalue weighted by molar-refractivity contribution is 0.0535. The third-order valence-electron chi connectivity index (χ3n) is 2.72. The monoisotopic (exact) mass is 241 g/mol. The van der Waals surface area contributed by atoms with E-state index >= 15 is 0 Å². The van der Waals surface area contributed by atoms with Crippen molar-refractivity contribution in [3.63, 3.8) is 0 Å². The fourth-order valence-electron chi connectivity index (χ4n) is 1.71. The summed E-state index contributed by atoms with van der Waals surface area (Å²) < 4.78 is 4.79. The molecule has 0 amide bonds. The zero-order valence-electron chi connectivity index (χ0n) is 10.2. The molecule has 0 aromatic heterocycles. The van der Waals surface area contributed by atoms with E-state index in [0.29, 0.717) is 17.9 Å². The smallest absolute Gasteiger partial charge is 0.338 e. The number of hydrogen-bond acceptors (Lipinski definition) is 3. The van der Waals surface area contributed by atoms with E-state index in [1.165, 1.54) is 5.56 Å². The molecule has 92 valence electrons. The summed E-state index contributed by atoms with van der Waals surface area (Å²) in [6, 6.07) is 15.5. The standard InChI is InChI=1S/C8H7NO2.C7H8/c9-7-3-1-2-5-6(7)4-11-8(5)10;1-7-5-3-2-4-6-7/h1-3H,4,9H2;2-6H,1H3. The summed E-state index contributed by atoms with van der Waals surface area (Å²) in [7, 11) is 0. The fraction of sp³-hybridized carbons (Fsp3) is 0.133. The van der Waals surface area contributed by atoms with Crippen LogP contribution in [0.5, 0.6) is 0 Å². The number of carbonyl (C=O) groups excluding carboxylic acids is 1. The normalized spacial score (nSPS) is 12.2. The first kappa shape index (κ1) is 12.2. The maximum absolute atomic E-state index is 10.9. The van der Waals surface area contributed by atoms with Gasteiger partial charge in [0.1, 0.15) is 6.61 Å². The average Bonchev–Trinajstić information content (AvgIpc) is 2.75. The summed E-state index contributed by atoms with van der Waals surface area (Å²) in [5.74, 6) is -0.271. The maximum Gasteiger partial charge on any atom is 0.338 e. The van der Waals surface area contributed by atoms with Crippen molar-refractivity contribution in [3.05, 3.63) is 65.2 Å². The molecule has 0 bridgehead atoms. The Bertz CT molecular complexity index is 550. The van der Waals surface area contributed by atoms with E-state index in [9.17, 15) is 4.79 Å². The van der Waals surface area contributed by atoms with Crippen molar-refractivity contribution in [2.24, 2.45) is 0 Å². The van der Waals surface area contributed by atoms with Gasteiger partial charge >= 0.3 is 5.97 Å². The Morgan fingerprint density at radius 1 is 1.06 bits per heavy atom. The molecule has 2 aromatic rings. The highest BCUT2D eigenvalue weighted by Crippen LogP contribution is 2.24. The van der Waals surface area contributed by atoms with Gasteiger partial charge in [-0.15, -0.1) is 0 Å². The largest absolute Gasteiger partial charge is 0.457 e. The van der Waals surface area contributed by atoms with Gasteiger partial charge < -0.3 is 10.5 Å². The van der Waals surface area contributed by atoms with E-state index in [1.54, 1.807) is 18.2 Å². The minimum Gasteiger partial charge on any atom is -0.457 e. The molecule has 3 heteroatoms. The number of ether oxygens (including phenoxy) is 1. The first-order valence-electron chi connectivity index (χ1n) is 5.74. The molecule has 0 radical (unpaired) electrons. The van der Waals surface area contributed by atoms with Crippen LogP contribution in [0.2, 0.25) is 0 Å². The van der Waals surface area contributed by atoms with E-state index < -0.39 is 0 Å². The minimum absolute atomic E-state index is 0.271. The van der Waals surface area contributed by atoms with Crippen LogP contribution in [0.25, 0.3) is 0 Å². The third-order valence-corrected chi connectivity index (χ3v) is 2.72. The van der Waals surface area contributed by atoms with Crippen molar-refractivity contribution in [2.45, 2.75) is 13.5 Å². The lowest BCUT2D eigenvalue weighted by Crippen LogP contribution is -1.94. The predicted octanol–water partition coefficient (Wildman–Crippen LogP) is 2.93. The van der Waals surface area contributed by atoms with Crippen LogP contribution in [-0.2, 0) is 11.3 Å². The number of cyclic esters (lactones) is 1. The van der Waals surface area contributed by atoms with Gasteiger partial charge in [0.15, 0.2) is 0 Å². The van der Waals surface area contributed by atoms with Crippen LogP contribution in [0.4, 0.5) is 5.69 Å². The number of carbonyl (C=O) groups is 1. The zero-order chi connectivity index (χ0) is 13.0. The second-order valence-electron chi connectivity index (χ2n) is 4.10. The number of aryl methyl sites for hydroxylation is 1. The predicted molar refractivity (Wildman–Crippen MR) is 71.2 cm³/mol. The van der Waals surface area contributed by atoms with Crippen molar-refractivity contribution >= 4 is 11.7 Å². The van der Waals surface area contributed by atoms with Crippen LogP contribution >= 0.6 is 0 Å². The van der Waals surface area contributed by atoms with Crippen LogP contribution in [0.1, 0.15) is 21.5 Å². The Hall–Kier alpha value is -2.29. The van der Waals surface area contributed by atoms with E-state index in [-0.39, 0.29) is 5.97 Å². The van der Waals surface area contributed by atoms with Gasteiger partial charge in [-0.3, -0.25) is 0 Å². The number of hydrogen-bond donors (Lipinski definition) is 1. The van der Waals surface area contributed by atoms with Crippen molar-refractivity contribution < 1.29 is 9.53 Å². The number of nitrogens with two attached hydrogens (primary N) is 1. The van der Waals surface area contributed by atoms with Crippen LogP contribution in [0.3, 0.4) is 0 Å². The van der Waals surface area contributed by atoms with Crippen LogP contribution in [-0.4, -0.2) is 5.97 Å². The summed E-state index contributed by atoms with van der Waals surface area (Å²) in [6.07, 6.45) is 0. The van der Waals surface area contributed by atoms with Crippen LogP contribution < -0.4 is 5.73 Å². The highest BCUT2D eigenvalue weighted by molar-refractivity contribution is 5.95. The Morgan fingerprint density at radius 3 is 2.33 bits per heavy atom. The van der Waals surface area contributed by atoms with E-state index in [2.05, 4.69) is 19.1 Å². The number of esters is 1. The summed E-state index contributed by atoms with van der Waals surface area (Å²) in [5, 5.41) is 0. The first-order chi connectivity index (χ1) is 8.68. The minimum atomic E-state index is -0.271. The fourth-order valence-corrected chi connectivity index (χ4v) is 1.71. The third kappa shape index (κ3) is 2.69. The SMILES string of the molecule is Cc1ccccc1.Nc1cccc2c1COC2=O. The number of anilines is 1. The van der Waals surface area contributed by atoms with Crippen molar-refractivity contribution in [3.8, 4) is 0 Å². The molecular formula is C15H15NO2. The Kier molecular flexibility index (Phi) is 3.63. The molecule has 1 aliphatic rings. The molecule has 18 heavy (non-hydrogen) atoms. The molecule has 2 N–H and O–H groups in total. The number of nitrogen functional groups attached to an aromatic ring is 1. The van der Waals surface area contributed by atoms with Gasteiger partial charge in [-0.05, 0) is 19.1 Å². The number of benzene rings is 2. The van der Waals surface area contributed by atoms with E-state index in [4.69, 9.17) is 10.5 Å². The molecule has 0 saturated carbocycles. The van der Waals surface area contributed by atoms with Gasteiger partial charge in [-0.1, -0.05) is 42.0 Å². The molecule has 2 aromatic carbocycles. The first-order valence-corrected chi connectivity index (χ1v) is 5.74. The lowest BCUT2D eigenvalue weighted by Gasteiger charge is -1.96. The Balaban J connectivity index is 0.000000149. The Morgan fingerprint density at radius 2 is 1.78 bits per heavy atom. The van der Waals surface area contributed by atoms with Gasteiger partial charge in [0, 0.05) is 11.3 Å². The molecule has 0 aliphatic carbocycles. The second-order valence-corrected chi connectivity index (χ2v) is 4.10. The zero-order valence-corrected chi connectivity index (χ0v) is 10.2. The van der Waals surface area contributed by atoms with Crippen molar-refractivity contribution in [1.29, 1.82) is 0 Å². The number of fused-ring (bicyclic) bond motifs is 1. The van der Waals surface area contributed by atoms with Crippen LogP contribution in [0, 0.1) is 6.92 Å². The second kappa shape index (κ2) is 5.36. The quantitative estimate of drug-likeness (QED) is 0.570. The van der Waals surface area contributed by atoms with Crippen LogP contribution in [0.15, 0.2) is 48.5 Å². The van der Waals surface area contributed by atoms with Gasteiger partial charge in [0.05, 0.1) is 5.56 Å². The summed E-state index contributed by atoms with van der Waals surface area (Å²) in [4.78, 5) is 10.9. The highest BCUT2D eigenvalue weighted by Gasteiger charge is 2.21. The topological polar surface area (TPSA) is 52.3 Å². The lowest BCUT2D eigenvalue weighted by atomic mass is 10.1. The van der Waals surface area contributed by atoms with Gasteiger partial charge in [0.2, 0.25) is 0 Å². The van der Waals surface area contributed by atoms with Gasteiger partial charge in [-0.2, -0.15) is 0 Å². The molecule has 0 atom stereocenters. The van der Waals surface area contributed by atoms with Crippen molar-refractivity contribution in [2.75, 3.05) is 5.73 Å². The molecule has 1 heterocycles. The molecule has 0 fully saturated rings. The molecule has 3 nitrogen and oxygen atoms in total. The summed E-state index contributed by atoms with van der Waals surface area (Å²) in [5.41, 5.74) is 8.98. The molecule has 1 aliphatic heterocycles. The summed E-state index contributed by atoms with van der Waals surface area (Å²) >= 11 is 0. The van der Waals surface area contributed by atoms with E-state index in [1.807, 2.05) is 18.2 Å². The summed E-state index contributed by atoms with van der Waals surface area (Å²) in [6.45, 7) is 2.40. The van der Waals surface area contributed by atoms with Crippen molar-refractivity contribution in [1.82, 2.24) is 0 Å². The molecule has 0 unspecified atom stereocenters. The Labute approximate surface area is 106 Å². The highest BCUT2D eigenvalue weighted by atomic mass is 16.5. The molecule has 0 spiro atoms. The average molecular weight is 241 g/mol.